The monoisotopic (exact) mass is 519 g/mol. The van der Waals surface area contributed by atoms with Crippen LogP contribution >= 0.6 is 0 Å². The van der Waals surface area contributed by atoms with Crippen LogP contribution in [0.15, 0.2) is 42.5 Å². The first-order valence-electron chi connectivity index (χ1n) is 11.5. The van der Waals surface area contributed by atoms with E-state index < -0.39 is 35.8 Å². The van der Waals surface area contributed by atoms with Crippen molar-refractivity contribution in [1.82, 2.24) is 9.96 Å². The summed E-state index contributed by atoms with van der Waals surface area (Å²) < 4.78 is 43.9. The predicted molar refractivity (Wildman–Crippen MR) is 121 cm³/mol. The molecule has 1 fully saturated rings. The van der Waals surface area contributed by atoms with E-state index in [-0.39, 0.29) is 44.0 Å². The van der Waals surface area contributed by atoms with Gasteiger partial charge in [0.25, 0.3) is 11.8 Å². The molecule has 9 nitrogen and oxygen atoms in total. The van der Waals surface area contributed by atoms with Crippen molar-refractivity contribution in [2.75, 3.05) is 0 Å². The van der Waals surface area contributed by atoms with Crippen LogP contribution in [-0.4, -0.2) is 39.8 Å². The molecule has 0 saturated carbocycles. The van der Waals surface area contributed by atoms with E-state index in [9.17, 15) is 32.3 Å². The average Bonchev–Trinajstić information content (AvgIpc) is 3.27. The Morgan fingerprint density at radius 3 is 2.41 bits per heavy atom. The molecule has 12 heteroatoms. The van der Waals surface area contributed by atoms with Crippen LogP contribution in [0.25, 0.3) is 0 Å². The maximum atomic E-state index is 13.3. The molecule has 2 aromatic carbocycles. The van der Waals surface area contributed by atoms with Crippen molar-refractivity contribution in [3.63, 3.8) is 0 Å². The van der Waals surface area contributed by atoms with Gasteiger partial charge in [-0.05, 0) is 35.6 Å². The van der Waals surface area contributed by atoms with E-state index in [1.807, 2.05) is 24.3 Å². The number of ether oxygens (including phenoxy) is 1. The Labute approximate surface area is 209 Å². The van der Waals surface area contributed by atoms with Crippen LogP contribution in [0.5, 0.6) is 5.75 Å². The van der Waals surface area contributed by atoms with E-state index in [1.165, 1.54) is 4.90 Å². The highest BCUT2D eigenvalue weighted by Crippen LogP contribution is 2.34. The lowest BCUT2D eigenvalue weighted by Crippen LogP contribution is -2.47. The summed E-state index contributed by atoms with van der Waals surface area (Å²) in [6.07, 6.45) is -5.76. The summed E-state index contributed by atoms with van der Waals surface area (Å²) in [5.74, 6) is -6.70. The van der Waals surface area contributed by atoms with Gasteiger partial charge in [-0.25, -0.2) is 4.79 Å². The first-order chi connectivity index (χ1) is 17.6. The van der Waals surface area contributed by atoms with Gasteiger partial charge in [-0.15, -0.1) is 5.06 Å². The van der Waals surface area contributed by atoms with Gasteiger partial charge in [-0.2, -0.15) is 13.2 Å². The van der Waals surface area contributed by atoms with Crippen molar-refractivity contribution in [2.24, 2.45) is 11.7 Å². The number of hydroxylamine groups is 2. The molecule has 37 heavy (non-hydrogen) atoms. The smallest absolute Gasteiger partial charge is 0.489 e. The van der Waals surface area contributed by atoms with Crippen molar-refractivity contribution >= 4 is 23.7 Å². The van der Waals surface area contributed by atoms with Gasteiger partial charge in [-0.1, -0.05) is 36.4 Å². The highest BCUT2D eigenvalue weighted by molar-refractivity contribution is 6.07. The standard InChI is InChI=1S/C25H24F3N3O6/c26-25(27,28)24(35)37-31-21(32)6-2-4-18(23(31)34)22(33)30-12-17-3-1-5-20(19(17)13-30)36-14-16-9-7-15(11-29)8-10-16/h1,3,5,7-10,18H,2,4,6,11-14,29H2/t18-/m0/s1. The van der Waals surface area contributed by atoms with E-state index in [0.29, 0.717) is 12.3 Å². The number of nitrogens with zero attached hydrogens (tertiary/aromatic N) is 2. The van der Waals surface area contributed by atoms with E-state index >= 15 is 0 Å². The van der Waals surface area contributed by atoms with Crippen LogP contribution in [0.2, 0.25) is 0 Å². The Hall–Kier alpha value is -3.93. The molecule has 0 aliphatic carbocycles. The number of amides is 3. The maximum Gasteiger partial charge on any atom is 0.493 e. The van der Waals surface area contributed by atoms with E-state index in [0.717, 1.165) is 22.3 Å². The quantitative estimate of drug-likeness (QED) is 0.461. The van der Waals surface area contributed by atoms with E-state index in [1.54, 1.807) is 18.2 Å². The van der Waals surface area contributed by atoms with Crippen LogP contribution in [0.1, 0.15) is 41.5 Å². The molecule has 4 rings (SSSR count). The van der Waals surface area contributed by atoms with Crippen LogP contribution in [0.3, 0.4) is 0 Å². The second kappa shape index (κ2) is 10.6. The Balaban J connectivity index is 1.46. The fraction of sp³-hybridized carbons (Fsp3) is 0.360. The molecule has 1 saturated heterocycles. The summed E-state index contributed by atoms with van der Waals surface area (Å²) in [5.41, 5.74) is 9.06. The average molecular weight is 519 g/mol. The molecule has 3 amide bonds. The number of benzene rings is 2. The summed E-state index contributed by atoms with van der Waals surface area (Å²) in [4.78, 5) is 54.9. The number of hydrogen-bond donors (Lipinski definition) is 1. The molecule has 196 valence electrons. The molecule has 0 spiro atoms. The first-order valence-corrected chi connectivity index (χ1v) is 11.5. The molecule has 0 unspecified atom stereocenters. The van der Waals surface area contributed by atoms with Gasteiger partial charge in [0.05, 0.1) is 6.54 Å². The minimum Gasteiger partial charge on any atom is -0.489 e. The number of nitrogens with two attached hydrogens (primary N) is 1. The number of halogens is 3. The molecule has 2 aliphatic heterocycles. The van der Waals surface area contributed by atoms with Gasteiger partial charge in [0, 0.05) is 25.1 Å². The third-order valence-corrected chi connectivity index (χ3v) is 6.22. The van der Waals surface area contributed by atoms with Crippen molar-refractivity contribution < 1.29 is 41.9 Å². The lowest BCUT2D eigenvalue weighted by Gasteiger charge is -2.24. The number of carbonyl (C=O) groups excluding carboxylic acids is 4. The van der Waals surface area contributed by atoms with E-state index in [2.05, 4.69) is 4.84 Å². The lowest BCUT2D eigenvalue weighted by atomic mass is 10.0. The summed E-state index contributed by atoms with van der Waals surface area (Å²) in [6, 6.07) is 12.9. The first kappa shape index (κ1) is 26.1. The summed E-state index contributed by atoms with van der Waals surface area (Å²) in [6.45, 7) is 0.961. The third-order valence-electron chi connectivity index (χ3n) is 6.22. The van der Waals surface area contributed by atoms with Crippen LogP contribution < -0.4 is 10.5 Å². The number of imide groups is 1. The maximum absolute atomic E-state index is 13.3. The zero-order chi connectivity index (χ0) is 26.7. The highest BCUT2D eigenvalue weighted by atomic mass is 19.4. The zero-order valence-electron chi connectivity index (χ0n) is 19.6. The molecule has 1 atom stereocenters. The summed E-state index contributed by atoms with van der Waals surface area (Å²) in [5, 5.41) is -0.223. The van der Waals surface area contributed by atoms with Crippen LogP contribution in [0, 0.1) is 5.92 Å². The summed E-state index contributed by atoms with van der Waals surface area (Å²) in [7, 11) is 0. The minimum absolute atomic E-state index is 0.0686. The number of carbonyl (C=O) groups is 4. The van der Waals surface area contributed by atoms with Gasteiger partial charge in [0.2, 0.25) is 5.91 Å². The number of alkyl halides is 3. The molecule has 0 radical (unpaired) electrons. The van der Waals surface area contributed by atoms with Crippen molar-refractivity contribution in [2.45, 2.75) is 51.7 Å². The van der Waals surface area contributed by atoms with Gasteiger partial charge >= 0.3 is 12.1 Å². The molecule has 2 N–H and O–H groups in total. The number of fused-ring (bicyclic) bond motifs is 1. The fourth-order valence-electron chi connectivity index (χ4n) is 4.24. The predicted octanol–water partition coefficient (Wildman–Crippen LogP) is 2.74. The Bertz CT molecular complexity index is 1220. The van der Waals surface area contributed by atoms with Crippen molar-refractivity contribution in [1.29, 1.82) is 0 Å². The molecule has 2 heterocycles. The van der Waals surface area contributed by atoms with Gasteiger partial charge < -0.3 is 20.2 Å². The van der Waals surface area contributed by atoms with E-state index in [4.69, 9.17) is 10.5 Å². The Kier molecular flexibility index (Phi) is 7.48. The molecule has 2 aromatic rings. The normalized spacial score (nSPS) is 17.9. The minimum atomic E-state index is -5.41. The number of rotatable bonds is 6. The van der Waals surface area contributed by atoms with Crippen LogP contribution in [0.4, 0.5) is 13.2 Å². The Morgan fingerprint density at radius 1 is 1.03 bits per heavy atom. The highest BCUT2D eigenvalue weighted by Gasteiger charge is 2.47. The second-order valence-corrected chi connectivity index (χ2v) is 8.75. The molecule has 2 aliphatic rings. The molecule has 0 aromatic heterocycles. The largest absolute Gasteiger partial charge is 0.493 e. The molecule has 0 bridgehead atoms. The SMILES string of the molecule is NCc1ccc(COc2cccc3c2CN(C(=O)[C@@H]2CCCC(=O)N(OC(=O)C(F)(F)F)C2=O)C3)cc1. The lowest BCUT2D eigenvalue weighted by molar-refractivity contribution is -0.236. The summed E-state index contributed by atoms with van der Waals surface area (Å²) >= 11 is 0. The van der Waals surface area contributed by atoms with Gasteiger partial charge in [0.15, 0.2) is 0 Å². The van der Waals surface area contributed by atoms with Gasteiger partial charge in [0.1, 0.15) is 18.3 Å². The van der Waals surface area contributed by atoms with Crippen molar-refractivity contribution in [3.8, 4) is 5.75 Å². The van der Waals surface area contributed by atoms with Crippen LogP contribution in [-0.2, 0) is 50.3 Å². The van der Waals surface area contributed by atoms with Crippen molar-refractivity contribution in [3.05, 3.63) is 64.7 Å². The van der Waals surface area contributed by atoms with Gasteiger partial charge in [-0.3, -0.25) is 14.4 Å². The fourth-order valence-corrected chi connectivity index (χ4v) is 4.24. The zero-order valence-corrected chi connectivity index (χ0v) is 19.6. The topological polar surface area (TPSA) is 119 Å². The molecular formula is C25H24F3N3O6. The Morgan fingerprint density at radius 2 is 1.73 bits per heavy atom. The number of hydrogen-bond acceptors (Lipinski definition) is 7. The molecular weight excluding hydrogens is 495 g/mol. The third kappa shape index (κ3) is 5.74. The second-order valence-electron chi connectivity index (χ2n) is 8.75.